The van der Waals surface area contributed by atoms with Crippen molar-refractivity contribution in [2.75, 3.05) is 5.32 Å². The highest BCUT2D eigenvalue weighted by Crippen LogP contribution is 2.27. The molecule has 0 unspecified atom stereocenters. The number of rotatable bonds is 5. The summed E-state index contributed by atoms with van der Waals surface area (Å²) >= 11 is 0. The summed E-state index contributed by atoms with van der Waals surface area (Å²) < 4.78 is 39.6. The molecular weight excluding hydrogens is 347 g/mol. The van der Waals surface area contributed by atoms with E-state index in [1.54, 1.807) is 5.10 Å². The molecule has 2 heterocycles. The Morgan fingerprint density at radius 1 is 1.31 bits per heavy atom. The molecule has 1 amide bonds. The van der Waals surface area contributed by atoms with E-state index in [9.17, 15) is 18.0 Å². The molecular formula is C17H18F3N5O. The number of fused-ring (bicyclic) bond motifs is 1. The first-order valence-corrected chi connectivity index (χ1v) is 8.13. The van der Waals surface area contributed by atoms with Crippen molar-refractivity contribution in [1.82, 2.24) is 19.7 Å². The van der Waals surface area contributed by atoms with Crippen molar-refractivity contribution in [3.05, 3.63) is 41.9 Å². The van der Waals surface area contributed by atoms with Crippen LogP contribution in [0, 0.1) is 0 Å². The molecule has 9 heteroatoms. The van der Waals surface area contributed by atoms with Gasteiger partial charge in [-0.25, -0.2) is 0 Å². The number of H-pyrrole nitrogens is 1. The highest BCUT2D eigenvalue weighted by molar-refractivity contribution is 5.90. The Morgan fingerprint density at radius 3 is 2.69 bits per heavy atom. The number of hydrogen-bond acceptors (Lipinski definition) is 3. The first-order valence-electron chi connectivity index (χ1n) is 8.13. The van der Waals surface area contributed by atoms with Crippen molar-refractivity contribution in [3.63, 3.8) is 0 Å². The molecule has 138 valence electrons. The Hall–Kier alpha value is -2.84. The summed E-state index contributed by atoms with van der Waals surface area (Å²) in [5.41, 5.74) is 2.09. The molecule has 2 N–H and O–H groups in total. The normalized spacial score (nSPS) is 12.1. The standard InChI is InChI=1S/C17H18F3N5O/c1-10(2)25-9-11(12-5-3-4-6-13(12)25)7-8-14(26)21-16-22-15(23-24-16)17(18,19)20/h3-6,9-10H,7-8H2,1-2H3,(H2,21,22,23,24,26). The third-order valence-corrected chi connectivity index (χ3v) is 4.01. The molecule has 0 aliphatic rings. The van der Waals surface area contributed by atoms with Gasteiger partial charge in [0.25, 0.3) is 0 Å². The van der Waals surface area contributed by atoms with Crippen LogP contribution in [0.4, 0.5) is 19.1 Å². The number of nitrogens with one attached hydrogen (secondary N) is 2. The molecule has 0 saturated heterocycles. The third-order valence-electron chi connectivity index (χ3n) is 4.01. The number of carbonyl (C=O) groups excluding carboxylic acids is 1. The number of amides is 1. The van der Waals surface area contributed by atoms with Gasteiger partial charge in [-0.1, -0.05) is 18.2 Å². The van der Waals surface area contributed by atoms with Crippen LogP contribution in [-0.4, -0.2) is 25.7 Å². The van der Waals surface area contributed by atoms with Crippen LogP contribution in [0.3, 0.4) is 0 Å². The number of hydrogen-bond donors (Lipinski definition) is 2. The van der Waals surface area contributed by atoms with E-state index in [2.05, 4.69) is 33.8 Å². The second kappa shape index (κ2) is 6.81. The molecule has 1 aromatic carbocycles. The maximum absolute atomic E-state index is 12.5. The molecule has 0 radical (unpaired) electrons. The average molecular weight is 365 g/mol. The molecule has 3 rings (SSSR count). The van der Waals surface area contributed by atoms with Crippen LogP contribution in [0.5, 0.6) is 0 Å². The fourth-order valence-electron chi connectivity index (χ4n) is 2.78. The summed E-state index contributed by atoms with van der Waals surface area (Å²) in [4.78, 5) is 15.3. The molecule has 0 bridgehead atoms. The Balaban J connectivity index is 1.68. The van der Waals surface area contributed by atoms with Gasteiger partial charge in [0.05, 0.1) is 0 Å². The number of nitrogens with zero attached hydrogens (tertiary/aromatic N) is 3. The van der Waals surface area contributed by atoms with Crippen LogP contribution < -0.4 is 5.32 Å². The Morgan fingerprint density at radius 2 is 2.04 bits per heavy atom. The molecule has 0 spiro atoms. The fourth-order valence-corrected chi connectivity index (χ4v) is 2.78. The Kier molecular flexibility index (Phi) is 4.71. The van der Waals surface area contributed by atoms with Crippen molar-refractivity contribution in [1.29, 1.82) is 0 Å². The smallest absolute Gasteiger partial charge is 0.345 e. The number of benzene rings is 1. The summed E-state index contributed by atoms with van der Waals surface area (Å²) in [7, 11) is 0. The maximum Gasteiger partial charge on any atom is 0.451 e. The molecule has 6 nitrogen and oxygen atoms in total. The van der Waals surface area contributed by atoms with Crippen LogP contribution in [0.15, 0.2) is 30.5 Å². The van der Waals surface area contributed by atoms with Crippen molar-refractivity contribution < 1.29 is 18.0 Å². The van der Waals surface area contributed by atoms with Gasteiger partial charge in [-0.2, -0.15) is 18.2 Å². The lowest BCUT2D eigenvalue weighted by Crippen LogP contribution is -2.14. The molecule has 3 aromatic rings. The first kappa shape index (κ1) is 18.0. The van der Waals surface area contributed by atoms with Crippen molar-refractivity contribution in [3.8, 4) is 0 Å². The van der Waals surface area contributed by atoms with Crippen LogP contribution in [0.2, 0.25) is 0 Å². The predicted octanol–water partition coefficient (Wildman–Crippen LogP) is 3.93. The molecule has 0 aliphatic carbocycles. The lowest BCUT2D eigenvalue weighted by atomic mass is 10.1. The molecule has 0 atom stereocenters. The summed E-state index contributed by atoms with van der Waals surface area (Å²) in [6.07, 6.45) is -2.05. The number of aromatic amines is 1. The number of halogens is 3. The number of anilines is 1. The second-order valence-corrected chi connectivity index (χ2v) is 6.23. The number of aryl methyl sites for hydroxylation is 1. The lowest BCUT2D eigenvalue weighted by molar-refractivity contribution is -0.144. The predicted molar refractivity (Wildman–Crippen MR) is 90.7 cm³/mol. The summed E-state index contributed by atoms with van der Waals surface area (Å²) in [6.45, 7) is 4.15. The molecule has 0 aliphatic heterocycles. The van der Waals surface area contributed by atoms with E-state index in [1.165, 1.54) is 0 Å². The van der Waals surface area contributed by atoms with Crippen molar-refractivity contribution in [2.45, 2.75) is 38.9 Å². The van der Waals surface area contributed by atoms with E-state index >= 15 is 0 Å². The van der Waals surface area contributed by atoms with Gasteiger partial charge in [-0.3, -0.25) is 15.2 Å². The van der Waals surface area contributed by atoms with E-state index in [0.717, 1.165) is 16.5 Å². The van der Waals surface area contributed by atoms with Gasteiger partial charge in [0, 0.05) is 29.6 Å². The zero-order chi connectivity index (χ0) is 18.9. The van der Waals surface area contributed by atoms with Crippen LogP contribution in [0.1, 0.15) is 37.7 Å². The number of carbonyl (C=O) groups is 1. The van der Waals surface area contributed by atoms with Crippen molar-refractivity contribution >= 4 is 22.8 Å². The fraction of sp³-hybridized carbons (Fsp3) is 0.353. The minimum atomic E-state index is -4.63. The molecule has 26 heavy (non-hydrogen) atoms. The van der Waals surface area contributed by atoms with E-state index < -0.39 is 17.9 Å². The minimum Gasteiger partial charge on any atom is -0.345 e. The Bertz CT molecular complexity index is 926. The summed E-state index contributed by atoms with van der Waals surface area (Å²) in [5, 5.41) is 8.47. The quantitative estimate of drug-likeness (QED) is 0.719. The van der Waals surface area contributed by atoms with E-state index in [0.29, 0.717) is 6.42 Å². The third kappa shape index (κ3) is 3.71. The number of para-hydroxylation sites is 1. The van der Waals surface area contributed by atoms with Gasteiger partial charge in [-0.15, -0.1) is 5.10 Å². The lowest BCUT2D eigenvalue weighted by Gasteiger charge is -2.08. The molecule has 2 aromatic heterocycles. The van der Waals surface area contributed by atoms with Crippen molar-refractivity contribution in [2.24, 2.45) is 0 Å². The minimum absolute atomic E-state index is 0.113. The van der Waals surface area contributed by atoms with Gasteiger partial charge in [0.15, 0.2) is 0 Å². The van der Waals surface area contributed by atoms with E-state index in [-0.39, 0.29) is 18.4 Å². The van der Waals surface area contributed by atoms with E-state index in [4.69, 9.17) is 0 Å². The SMILES string of the molecule is CC(C)n1cc(CCC(=O)Nc2n[nH]c(C(F)(F)F)n2)c2ccccc21. The van der Waals surface area contributed by atoms with Gasteiger partial charge in [-0.05, 0) is 31.9 Å². The van der Waals surface area contributed by atoms with Gasteiger partial charge in [0.1, 0.15) is 0 Å². The largest absolute Gasteiger partial charge is 0.451 e. The second-order valence-electron chi connectivity index (χ2n) is 6.23. The average Bonchev–Trinajstić information content (AvgIpc) is 3.17. The number of aromatic nitrogens is 4. The van der Waals surface area contributed by atoms with Crippen LogP contribution in [0.25, 0.3) is 10.9 Å². The molecule has 0 saturated carbocycles. The first-order chi connectivity index (χ1) is 12.3. The van der Waals surface area contributed by atoms with Gasteiger partial charge in [0.2, 0.25) is 17.7 Å². The zero-order valence-corrected chi connectivity index (χ0v) is 14.3. The highest BCUT2D eigenvalue weighted by atomic mass is 19.4. The Labute approximate surface area is 147 Å². The van der Waals surface area contributed by atoms with E-state index in [1.807, 2.05) is 30.5 Å². The van der Waals surface area contributed by atoms with Gasteiger partial charge >= 0.3 is 6.18 Å². The zero-order valence-electron chi connectivity index (χ0n) is 14.3. The molecule has 0 fully saturated rings. The maximum atomic E-state index is 12.5. The topological polar surface area (TPSA) is 75.6 Å². The summed E-state index contributed by atoms with van der Waals surface area (Å²) in [6, 6.07) is 8.18. The monoisotopic (exact) mass is 365 g/mol. The van der Waals surface area contributed by atoms with Gasteiger partial charge < -0.3 is 4.57 Å². The van der Waals surface area contributed by atoms with Crippen LogP contribution >= 0.6 is 0 Å². The highest BCUT2D eigenvalue weighted by Gasteiger charge is 2.35. The summed E-state index contributed by atoms with van der Waals surface area (Å²) in [5.74, 6) is -2.07. The number of alkyl halides is 3. The van der Waals surface area contributed by atoms with Crippen LogP contribution in [-0.2, 0) is 17.4 Å².